The number of pyridine rings is 1. The number of amides is 1. The van der Waals surface area contributed by atoms with E-state index in [0.29, 0.717) is 16.8 Å². The predicted octanol–water partition coefficient (Wildman–Crippen LogP) is 3.65. The SMILES string of the molecule is Cc1cc(-c2c(OCCOC(N)=O)nc(N)nc2-c2ccc(F)cc2)cc(C(F)F)n1. The number of anilines is 1. The number of nitrogens with zero attached hydrogens (tertiary/aromatic N) is 3. The van der Waals surface area contributed by atoms with Crippen LogP contribution in [0.1, 0.15) is 17.8 Å². The number of nitrogen functional groups attached to an aromatic ring is 1. The predicted molar refractivity (Wildman–Crippen MR) is 106 cm³/mol. The molecule has 4 N–H and O–H groups in total. The molecule has 2 heterocycles. The minimum atomic E-state index is -2.81. The molecule has 0 atom stereocenters. The van der Waals surface area contributed by atoms with Gasteiger partial charge in [0.1, 0.15) is 24.7 Å². The monoisotopic (exact) mass is 433 g/mol. The van der Waals surface area contributed by atoms with Gasteiger partial charge in [0.25, 0.3) is 6.43 Å². The third-order valence-electron chi connectivity index (χ3n) is 4.06. The molecule has 8 nitrogen and oxygen atoms in total. The number of halogens is 3. The van der Waals surface area contributed by atoms with E-state index in [1.807, 2.05) is 0 Å². The summed E-state index contributed by atoms with van der Waals surface area (Å²) in [5, 5.41) is 0. The zero-order chi connectivity index (χ0) is 22.5. The molecule has 31 heavy (non-hydrogen) atoms. The molecule has 11 heteroatoms. The summed E-state index contributed by atoms with van der Waals surface area (Å²) in [5.41, 5.74) is 11.9. The first kappa shape index (κ1) is 21.8. The van der Waals surface area contributed by atoms with Gasteiger partial charge in [-0.15, -0.1) is 0 Å². The van der Waals surface area contributed by atoms with Gasteiger partial charge in [-0.3, -0.25) is 4.98 Å². The van der Waals surface area contributed by atoms with Crippen molar-refractivity contribution < 1.29 is 27.4 Å². The number of nitrogens with two attached hydrogens (primary N) is 2. The highest BCUT2D eigenvalue weighted by Gasteiger charge is 2.21. The summed E-state index contributed by atoms with van der Waals surface area (Å²) in [6.07, 6.45) is -3.79. The number of carbonyl (C=O) groups excluding carboxylic acids is 1. The third-order valence-corrected chi connectivity index (χ3v) is 4.06. The number of hydrogen-bond donors (Lipinski definition) is 2. The Labute approximate surface area is 175 Å². The average Bonchev–Trinajstić information content (AvgIpc) is 2.70. The van der Waals surface area contributed by atoms with Gasteiger partial charge in [-0.2, -0.15) is 4.98 Å². The van der Waals surface area contributed by atoms with E-state index in [-0.39, 0.29) is 36.3 Å². The molecular formula is C20H18F3N5O3. The Morgan fingerprint density at radius 3 is 2.42 bits per heavy atom. The Morgan fingerprint density at radius 1 is 1.06 bits per heavy atom. The Hall–Kier alpha value is -3.89. The van der Waals surface area contributed by atoms with E-state index in [0.717, 1.165) is 0 Å². The van der Waals surface area contributed by atoms with Crippen molar-refractivity contribution in [2.24, 2.45) is 5.73 Å². The van der Waals surface area contributed by atoms with Crippen molar-refractivity contribution in [3.05, 3.63) is 53.6 Å². The molecule has 0 radical (unpaired) electrons. The van der Waals surface area contributed by atoms with E-state index in [4.69, 9.17) is 16.2 Å². The lowest BCUT2D eigenvalue weighted by Gasteiger charge is -2.16. The standard InChI is InChI=1S/C20H18F3N5O3/c1-10-8-12(9-14(26-10)17(22)23)15-16(11-2-4-13(21)5-3-11)27-19(24)28-18(15)30-6-7-31-20(25)29/h2-5,8-9,17H,6-7H2,1H3,(H2,25,29)(H2,24,27,28). The maximum Gasteiger partial charge on any atom is 0.404 e. The third kappa shape index (κ3) is 5.38. The molecule has 0 aliphatic rings. The molecule has 0 unspecified atom stereocenters. The summed E-state index contributed by atoms with van der Waals surface area (Å²) in [4.78, 5) is 22.9. The van der Waals surface area contributed by atoms with Crippen molar-refractivity contribution in [3.63, 3.8) is 0 Å². The van der Waals surface area contributed by atoms with E-state index in [1.54, 1.807) is 13.0 Å². The Morgan fingerprint density at radius 2 is 1.77 bits per heavy atom. The minimum absolute atomic E-state index is 0.0364. The first-order valence-electron chi connectivity index (χ1n) is 9.00. The molecule has 162 valence electrons. The van der Waals surface area contributed by atoms with Gasteiger partial charge in [0.15, 0.2) is 0 Å². The number of alkyl halides is 2. The summed E-state index contributed by atoms with van der Waals surface area (Å²) in [6.45, 7) is 1.25. The van der Waals surface area contributed by atoms with Crippen molar-refractivity contribution in [2.45, 2.75) is 13.3 Å². The molecule has 3 aromatic rings. The van der Waals surface area contributed by atoms with Crippen molar-refractivity contribution in [2.75, 3.05) is 18.9 Å². The lowest BCUT2D eigenvalue weighted by molar-refractivity contribution is 0.132. The molecule has 0 spiro atoms. The van der Waals surface area contributed by atoms with Gasteiger partial charge < -0.3 is 20.9 Å². The van der Waals surface area contributed by atoms with Crippen LogP contribution in [0.5, 0.6) is 5.88 Å². The second-order valence-corrected chi connectivity index (χ2v) is 6.36. The lowest BCUT2D eigenvalue weighted by Crippen LogP contribution is -2.18. The lowest BCUT2D eigenvalue weighted by atomic mass is 9.99. The highest BCUT2D eigenvalue weighted by atomic mass is 19.3. The second-order valence-electron chi connectivity index (χ2n) is 6.36. The summed E-state index contributed by atoms with van der Waals surface area (Å²) in [7, 11) is 0. The highest BCUT2D eigenvalue weighted by Crippen LogP contribution is 2.39. The smallest absolute Gasteiger partial charge is 0.404 e. The number of hydrogen-bond acceptors (Lipinski definition) is 7. The van der Waals surface area contributed by atoms with Gasteiger partial charge in [-0.05, 0) is 48.9 Å². The van der Waals surface area contributed by atoms with Crippen LogP contribution in [0.4, 0.5) is 23.9 Å². The second kappa shape index (κ2) is 9.28. The van der Waals surface area contributed by atoms with Crippen molar-refractivity contribution in [1.29, 1.82) is 0 Å². The van der Waals surface area contributed by atoms with Crippen LogP contribution in [0.15, 0.2) is 36.4 Å². The van der Waals surface area contributed by atoms with Crippen molar-refractivity contribution in [1.82, 2.24) is 15.0 Å². The van der Waals surface area contributed by atoms with Crippen LogP contribution in [-0.2, 0) is 4.74 Å². The molecule has 0 bridgehead atoms. The molecule has 0 fully saturated rings. The molecule has 0 aliphatic carbocycles. The summed E-state index contributed by atoms with van der Waals surface area (Å²) < 4.78 is 50.4. The van der Waals surface area contributed by atoms with Crippen molar-refractivity contribution >= 4 is 12.0 Å². The first-order valence-corrected chi connectivity index (χ1v) is 9.00. The summed E-state index contributed by atoms with van der Waals surface area (Å²) >= 11 is 0. The molecule has 3 rings (SSSR count). The molecule has 1 aromatic carbocycles. The maximum absolute atomic E-state index is 13.4. The number of ether oxygens (including phenoxy) is 2. The van der Waals surface area contributed by atoms with Crippen molar-refractivity contribution in [3.8, 4) is 28.3 Å². The van der Waals surface area contributed by atoms with Crippen LogP contribution in [0.2, 0.25) is 0 Å². The Balaban J connectivity index is 2.17. The van der Waals surface area contributed by atoms with Gasteiger partial charge >= 0.3 is 6.09 Å². The van der Waals surface area contributed by atoms with Crippen LogP contribution >= 0.6 is 0 Å². The summed E-state index contributed by atoms with van der Waals surface area (Å²) in [6, 6.07) is 8.11. The quantitative estimate of drug-likeness (QED) is 0.545. The van der Waals surface area contributed by atoms with E-state index < -0.39 is 24.0 Å². The minimum Gasteiger partial charge on any atom is -0.473 e. The number of aryl methyl sites for hydroxylation is 1. The van der Waals surface area contributed by atoms with Crippen LogP contribution < -0.4 is 16.2 Å². The molecule has 1 amide bonds. The zero-order valence-electron chi connectivity index (χ0n) is 16.3. The van der Waals surface area contributed by atoms with Gasteiger partial charge in [0, 0.05) is 11.3 Å². The normalized spacial score (nSPS) is 10.9. The molecular weight excluding hydrogens is 415 g/mol. The summed E-state index contributed by atoms with van der Waals surface area (Å²) in [5.74, 6) is -0.661. The van der Waals surface area contributed by atoms with E-state index in [9.17, 15) is 18.0 Å². The number of benzene rings is 1. The maximum atomic E-state index is 13.4. The molecule has 2 aromatic heterocycles. The topological polar surface area (TPSA) is 126 Å². The average molecular weight is 433 g/mol. The Bertz CT molecular complexity index is 1090. The van der Waals surface area contributed by atoms with Gasteiger partial charge in [-0.1, -0.05) is 0 Å². The highest BCUT2D eigenvalue weighted by molar-refractivity contribution is 5.85. The fourth-order valence-corrected chi connectivity index (χ4v) is 2.87. The van der Waals surface area contributed by atoms with E-state index in [2.05, 4.69) is 19.7 Å². The number of primary amides is 1. The zero-order valence-corrected chi connectivity index (χ0v) is 16.3. The molecule has 0 saturated carbocycles. The van der Waals surface area contributed by atoms with E-state index in [1.165, 1.54) is 30.3 Å². The van der Waals surface area contributed by atoms with Crippen LogP contribution in [0.25, 0.3) is 22.4 Å². The number of carbonyl (C=O) groups is 1. The largest absolute Gasteiger partial charge is 0.473 e. The number of aromatic nitrogens is 3. The van der Waals surface area contributed by atoms with Gasteiger partial charge in [0.05, 0.1) is 11.3 Å². The fraction of sp³-hybridized carbons (Fsp3) is 0.200. The van der Waals surface area contributed by atoms with Crippen LogP contribution in [-0.4, -0.2) is 34.3 Å². The first-order chi connectivity index (χ1) is 14.7. The van der Waals surface area contributed by atoms with Crippen LogP contribution in [0.3, 0.4) is 0 Å². The van der Waals surface area contributed by atoms with Gasteiger partial charge in [0.2, 0.25) is 11.8 Å². The Kier molecular flexibility index (Phi) is 6.53. The number of rotatable bonds is 7. The molecule has 0 saturated heterocycles. The molecule has 0 aliphatic heterocycles. The van der Waals surface area contributed by atoms with Gasteiger partial charge in [-0.25, -0.2) is 22.9 Å². The van der Waals surface area contributed by atoms with Crippen LogP contribution in [0, 0.1) is 12.7 Å². The van der Waals surface area contributed by atoms with E-state index >= 15 is 0 Å². The fourth-order valence-electron chi connectivity index (χ4n) is 2.87.